The highest BCUT2D eigenvalue weighted by Gasteiger charge is 2.39. The summed E-state index contributed by atoms with van der Waals surface area (Å²) >= 11 is 0. The Bertz CT molecular complexity index is 455. The van der Waals surface area contributed by atoms with Crippen molar-refractivity contribution in [2.24, 2.45) is 5.73 Å². The third kappa shape index (κ3) is 5.69. The zero-order chi connectivity index (χ0) is 16.3. The molecule has 3 N–H and O–H groups in total. The number of likely N-dealkylation sites (tertiary alicyclic amines) is 1. The van der Waals surface area contributed by atoms with Gasteiger partial charge < -0.3 is 20.7 Å². The van der Waals surface area contributed by atoms with Crippen LogP contribution >= 0.6 is 24.8 Å². The minimum Gasteiger partial charge on any atom is -0.379 e. The molecule has 0 aromatic rings. The number of carbonyl (C=O) groups excluding carboxylic acids is 2. The van der Waals surface area contributed by atoms with Crippen LogP contribution < -0.4 is 11.1 Å². The predicted octanol–water partition coefficient (Wildman–Crippen LogP) is 0.151. The van der Waals surface area contributed by atoms with Crippen molar-refractivity contribution in [2.45, 2.75) is 43.7 Å². The quantitative estimate of drug-likeness (QED) is 0.690. The van der Waals surface area contributed by atoms with Gasteiger partial charge >= 0.3 is 0 Å². The molecule has 1 unspecified atom stereocenters. The molecule has 1 aliphatic carbocycles. The Labute approximate surface area is 161 Å². The molecule has 2 saturated heterocycles. The molecule has 0 spiro atoms. The van der Waals surface area contributed by atoms with Gasteiger partial charge in [0.05, 0.1) is 24.8 Å². The van der Waals surface area contributed by atoms with E-state index in [0.29, 0.717) is 13.0 Å². The lowest BCUT2D eigenvalue weighted by atomic mass is 9.97. The minimum absolute atomic E-state index is 0. The Kier molecular flexibility index (Phi) is 8.91. The molecule has 2 aliphatic heterocycles. The van der Waals surface area contributed by atoms with E-state index in [9.17, 15) is 9.59 Å². The van der Waals surface area contributed by atoms with Crippen LogP contribution in [-0.2, 0) is 14.3 Å². The first-order valence-electron chi connectivity index (χ1n) is 8.74. The number of rotatable bonds is 5. The largest absolute Gasteiger partial charge is 0.379 e. The molecule has 0 aromatic carbocycles. The van der Waals surface area contributed by atoms with Gasteiger partial charge in [-0.3, -0.25) is 14.5 Å². The molecule has 2 heterocycles. The number of morpholine rings is 1. The highest BCUT2D eigenvalue weighted by Crippen LogP contribution is 2.27. The second-order valence-electron chi connectivity index (χ2n) is 7.03. The summed E-state index contributed by atoms with van der Waals surface area (Å²) in [6, 6.07) is -0.0966. The van der Waals surface area contributed by atoms with E-state index in [-0.39, 0.29) is 42.7 Å². The van der Waals surface area contributed by atoms with Gasteiger partial charge in [-0.25, -0.2) is 0 Å². The van der Waals surface area contributed by atoms with Gasteiger partial charge in [-0.2, -0.15) is 0 Å². The standard InChI is InChI=1S/C16H28N4O3.2ClH/c17-16(3-1-2-4-16)15(22)18-13-11-14(21)20(12-13)6-5-19-7-9-23-10-8-19;;/h13H,1-12,17H2,(H,18,22);2*1H. The predicted molar refractivity (Wildman–Crippen MR) is 100 cm³/mol. The SMILES string of the molecule is Cl.Cl.NC1(C(=O)NC2CC(=O)N(CCN3CCOCC3)C2)CCCC1. The van der Waals surface area contributed by atoms with Crippen molar-refractivity contribution in [3.05, 3.63) is 0 Å². The van der Waals surface area contributed by atoms with Crippen LogP contribution in [0.3, 0.4) is 0 Å². The lowest BCUT2D eigenvalue weighted by Crippen LogP contribution is -2.54. The maximum absolute atomic E-state index is 12.4. The van der Waals surface area contributed by atoms with E-state index in [0.717, 1.165) is 65.1 Å². The van der Waals surface area contributed by atoms with Crippen molar-refractivity contribution >= 4 is 36.6 Å². The van der Waals surface area contributed by atoms with E-state index < -0.39 is 5.54 Å². The summed E-state index contributed by atoms with van der Waals surface area (Å²) in [7, 11) is 0. The number of hydrogen-bond donors (Lipinski definition) is 2. The average molecular weight is 397 g/mol. The van der Waals surface area contributed by atoms with Gasteiger partial charge in [-0.1, -0.05) is 12.8 Å². The van der Waals surface area contributed by atoms with Crippen molar-refractivity contribution < 1.29 is 14.3 Å². The smallest absolute Gasteiger partial charge is 0.240 e. The Hall–Kier alpha value is -0.600. The van der Waals surface area contributed by atoms with E-state index in [2.05, 4.69) is 10.2 Å². The first-order valence-corrected chi connectivity index (χ1v) is 8.74. The molecule has 7 nitrogen and oxygen atoms in total. The summed E-state index contributed by atoms with van der Waals surface area (Å²) in [6.45, 7) is 5.59. The molecule has 0 radical (unpaired) electrons. The Balaban J connectivity index is 0.00000156. The average Bonchev–Trinajstić information content (AvgIpc) is 3.13. The Morgan fingerprint density at radius 2 is 1.84 bits per heavy atom. The van der Waals surface area contributed by atoms with E-state index in [1.54, 1.807) is 0 Å². The lowest BCUT2D eigenvalue weighted by molar-refractivity contribution is -0.128. The van der Waals surface area contributed by atoms with Gasteiger partial charge in [0, 0.05) is 39.1 Å². The maximum Gasteiger partial charge on any atom is 0.240 e. The summed E-state index contributed by atoms with van der Waals surface area (Å²) in [6.07, 6.45) is 3.92. The van der Waals surface area contributed by atoms with Crippen molar-refractivity contribution in [3.63, 3.8) is 0 Å². The molecule has 1 atom stereocenters. The van der Waals surface area contributed by atoms with Crippen LogP contribution in [0.15, 0.2) is 0 Å². The first kappa shape index (κ1) is 22.4. The summed E-state index contributed by atoms with van der Waals surface area (Å²) in [5.74, 6) is 0.0453. The zero-order valence-corrected chi connectivity index (χ0v) is 16.2. The monoisotopic (exact) mass is 396 g/mol. The maximum atomic E-state index is 12.4. The highest BCUT2D eigenvalue weighted by atomic mass is 35.5. The number of nitrogens with one attached hydrogen (secondary N) is 1. The molecule has 3 aliphatic rings. The molecule has 0 bridgehead atoms. The van der Waals surface area contributed by atoms with Gasteiger partial charge in [0.25, 0.3) is 0 Å². The molecule has 3 fully saturated rings. The number of ether oxygens (including phenoxy) is 1. The number of carbonyl (C=O) groups is 2. The minimum atomic E-state index is -0.718. The van der Waals surface area contributed by atoms with Crippen LogP contribution in [0.1, 0.15) is 32.1 Å². The molecule has 0 aromatic heterocycles. The third-order valence-electron chi connectivity index (χ3n) is 5.29. The van der Waals surface area contributed by atoms with Crippen molar-refractivity contribution in [2.75, 3.05) is 45.9 Å². The third-order valence-corrected chi connectivity index (χ3v) is 5.29. The number of halogens is 2. The van der Waals surface area contributed by atoms with E-state index in [4.69, 9.17) is 10.5 Å². The lowest BCUT2D eigenvalue weighted by Gasteiger charge is -2.28. The molecule has 146 valence electrons. The fourth-order valence-corrected chi connectivity index (χ4v) is 3.73. The van der Waals surface area contributed by atoms with Crippen LogP contribution in [0.5, 0.6) is 0 Å². The molecule has 3 rings (SSSR count). The molecule has 1 saturated carbocycles. The van der Waals surface area contributed by atoms with Gasteiger partial charge in [0.15, 0.2) is 0 Å². The fraction of sp³-hybridized carbons (Fsp3) is 0.875. The summed E-state index contributed by atoms with van der Waals surface area (Å²) in [5.41, 5.74) is 5.46. The summed E-state index contributed by atoms with van der Waals surface area (Å²) in [5, 5.41) is 3.00. The number of hydrogen-bond acceptors (Lipinski definition) is 5. The number of nitrogens with two attached hydrogens (primary N) is 1. The second-order valence-corrected chi connectivity index (χ2v) is 7.03. The van der Waals surface area contributed by atoms with Crippen molar-refractivity contribution in [3.8, 4) is 0 Å². The van der Waals surface area contributed by atoms with Crippen LogP contribution in [0.2, 0.25) is 0 Å². The summed E-state index contributed by atoms with van der Waals surface area (Å²) in [4.78, 5) is 28.7. The highest BCUT2D eigenvalue weighted by molar-refractivity contribution is 5.88. The molecular formula is C16H30Cl2N4O3. The molecular weight excluding hydrogens is 367 g/mol. The van der Waals surface area contributed by atoms with E-state index in [1.165, 1.54) is 0 Å². The van der Waals surface area contributed by atoms with Crippen LogP contribution in [0, 0.1) is 0 Å². The van der Waals surface area contributed by atoms with Gasteiger partial charge in [-0.05, 0) is 12.8 Å². The van der Waals surface area contributed by atoms with Gasteiger partial charge in [0.2, 0.25) is 11.8 Å². The molecule has 2 amide bonds. The normalized spacial score (nSPS) is 26.0. The Morgan fingerprint density at radius 3 is 2.48 bits per heavy atom. The second kappa shape index (κ2) is 9.92. The van der Waals surface area contributed by atoms with Crippen molar-refractivity contribution in [1.82, 2.24) is 15.1 Å². The zero-order valence-electron chi connectivity index (χ0n) is 14.6. The fourth-order valence-electron chi connectivity index (χ4n) is 3.73. The van der Waals surface area contributed by atoms with Crippen LogP contribution in [0.25, 0.3) is 0 Å². The van der Waals surface area contributed by atoms with Crippen molar-refractivity contribution in [1.29, 1.82) is 0 Å². The van der Waals surface area contributed by atoms with E-state index in [1.807, 2.05) is 4.90 Å². The Morgan fingerprint density at radius 1 is 1.20 bits per heavy atom. The van der Waals surface area contributed by atoms with Gasteiger partial charge in [-0.15, -0.1) is 24.8 Å². The first-order chi connectivity index (χ1) is 11.1. The van der Waals surface area contributed by atoms with E-state index >= 15 is 0 Å². The van der Waals surface area contributed by atoms with Crippen LogP contribution in [-0.4, -0.2) is 79.1 Å². The molecule has 25 heavy (non-hydrogen) atoms. The number of nitrogens with zero attached hydrogens (tertiary/aromatic N) is 2. The topological polar surface area (TPSA) is 87.9 Å². The summed E-state index contributed by atoms with van der Waals surface area (Å²) < 4.78 is 5.33. The van der Waals surface area contributed by atoms with Crippen LogP contribution in [0.4, 0.5) is 0 Å². The number of amides is 2. The molecule has 9 heteroatoms. The van der Waals surface area contributed by atoms with Gasteiger partial charge in [0.1, 0.15) is 0 Å².